The molecular weight excluding hydrogens is 246 g/mol. The third-order valence-electron chi connectivity index (χ3n) is 3.00. The highest BCUT2D eigenvalue weighted by atomic mass is 16.6. The van der Waals surface area contributed by atoms with Gasteiger partial charge in [-0.05, 0) is 47.0 Å². The Morgan fingerprint density at radius 2 is 1.89 bits per heavy atom. The zero-order chi connectivity index (χ0) is 14.5. The Hall–Kier alpha value is -1.26. The van der Waals surface area contributed by atoms with Gasteiger partial charge in [0, 0.05) is 13.1 Å². The van der Waals surface area contributed by atoms with E-state index in [4.69, 9.17) is 9.47 Å². The van der Waals surface area contributed by atoms with Crippen LogP contribution < -0.4 is 0 Å². The standard InChI is InChI=1S/C14H25NO4/c1-5-18-12(16)11-7-6-9-15(10-8-11)13(17)19-14(2,3)4/h11H,5-10H2,1-4H3/t11-/m0/s1. The van der Waals surface area contributed by atoms with Gasteiger partial charge in [-0.3, -0.25) is 4.79 Å². The first kappa shape index (κ1) is 15.8. The molecule has 0 unspecified atom stereocenters. The Kier molecular flexibility index (Phi) is 5.63. The molecule has 0 aliphatic carbocycles. The van der Waals surface area contributed by atoms with Gasteiger partial charge in [-0.25, -0.2) is 4.79 Å². The average molecular weight is 271 g/mol. The number of amides is 1. The predicted molar refractivity (Wildman–Crippen MR) is 71.8 cm³/mol. The van der Waals surface area contributed by atoms with E-state index in [-0.39, 0.29) is 18.0 Å². The lowest BCUT2D eigenvalue weighted by atomic mass is 10.0. The number of carbonyl (C=O) groups is 2. The lowest BCUT2D eigenvalue weighted by Gasteiger charge is -2.26. The van der Waals surface area contributed by atoms with Crippen molar-refractivity contribution in [2.24, 2.45) is 5.92 Å². The molecule has 0 saturated carbocycles. The highest BCUT2D eigenvalue weighted by molar-refractivity contribution is 5.73. The average Bonchev–Trinajstić information content (AvgIpc) is 2.52. The molecule has 0 aromatic carbocycles. The second-order valence-corrected chi connectivity index (χ2v) is 5.85. The molecular formula is C14H25NO4. The number of nitrogens with zero attached hydrogens (tertiary/aromatic N) is 1. The molecule has 1 amide bonds. The maximum atomic E-state index is 12.0. The second kappa shape index (κ2) is 6.78. The smallest absolute Gasteiger partial charge is 0.410 e. The van der Waals surface area contributed by atoms with Crippen LogP contribution in [0.2, 0.25) is 0 Å². The fourth-order valence-corrected chi connectivity index (χ4v) is 2.10. The second-order valence-electron chi connectivity index (χ2n) is 5.85. The molecule has 1 aliphatic heterocycles. The summed E-state index contributed by atoms with van der Waals surface area (Å²) >= 11 is 0. The van der Waals surface area contributed by atoms with Gasteiger partial charge in [0.05, 0.1) is 12.5 Å². The van der Waals surface area contributed by atoms with E-state index in [2.05, 4.69) is 0 Å². The fourth-order valence-electron chi connectivity index (χ4n) is 2.10. The van der Waals surface area contributed by atoms with Crippen LogP contribution in [0.15, 0.2) is 0 Å². The van der Waals surface area contributed by atoms with Crippen molar-refractivity contribution < 1.29 is 19.1 Å². The number of esters is 1. The van der Waals surface area contributed by atoms with Crippen LogP contribution in [0, 0.1) is 5.92 Å². The number of likely N-dealkylation sites (tertiary alicyclic amines) is 1. The summed E-state index contributed by atoms with van der Waals surface area (Å²) in [6, 6.07) is 0. The largest absolute Gasteiger partial charge is 0.466 e. The lowest BCUT2D eigenvalue weighted by Crippen LogP contribution is -2.37. The molecule has 1 rings (SSSR count). The summed E-state index contributed by atoms with van der Waals surface area (Å²) in [5.41, 5.74) is -0.482. The topological polar surface area (TPSA) is 55.8 Å². The Morgan fingerprint density at radius 1 is 1.21 bits per heavy atom. The van der Waals surface area contributed by atoms with E-state index in [1.54, 1.807) is 4.90 Å². The van der Waals surface area contributed by atoms with Gasteiger partial charge in [0.25, 0.3) is 0 Å². The van der Waals surface area contributed by atoms with Crippen molar-refractivity contribution in [2.45, 2.75) is 52.6 Å². The normalized spacial score (nSPS) is 20.6. The summed E-state index contributed by atoms with van der Waals surface area (Å²) in [6.45, 7) is 8.97. The van der Waals surface area contributed by atoms with Crippen molar-refractivity contribution in [2.75, 3.05) is 19.7 Å². The van der Waals surface area contributed by atoms with Crippen molar-refractivity contribution in [3.05, 3.63) is 0 Å². The SMILES string of the molecule is CCOC(=O)[C@H]1CCCN(C(=O)OC(C)(C)C)CC1. The summed E-state index contributed by atoms with van der Waals surface area (Å²) in [5, 5.41) is 0. The first-order valence-electron chi connectivity index (χ1n) is 6.98. The minimum atomic E-state index is -0.482. The zero-order valence-electron chi connectivity index (χ0n) is 12.4. The molecule has 19 heavy (non-hydrogen) atoms. The molecule has 1 saturated heterocycles. The van der Waals surface area contributed by atoms with Gasteiger partial charge in [-0.2, -0.15) is 0 Å². The lowest BCUT2D eigenvalue weighted by molar-refractivity contribution is -0.148. The maximum absolute atomic E-state index is 12.0. The Labute approximate surface area is 115 Å². The van der Waals surface area contributed by atoms with Crippen molar-refractivity contribution in [3.8, 4) is 0 Å². The van der Waals surface area contributed by atoms with Gasteiger partial charge in [0.15, 0.2) is 0 Å². The molecule has 1 aliphatic rings. The van der Waals surface area contributed by atoms with Crippen LogP contribution in [-0.2, 0) is 14.3 Å². The van der Waals surface area contributed by atoms with Crippen molar-refractivity contribution >= 4 is 12.1 Å². The molecule has 5 nitrogen and oxygen atoms in total. The van der Waals surface area contributed by atoms with Crippen molar-refractivity contribution in [1.82, 2.24) is 4.90 Å². The molecule has 1 fully saturated rings. The molecule has 1 heterocycles. The molecule has 0 N–H and O–H groups in total. The van der Waals surface area contributed by atoms with Gasteiger partial charge >= 0.3 is 12.1 Å². The van der Waals surface area contributed by atoms with Gasteiger partial charge in [0.1, 0.15) is 5.60 Å². The molecule has 110 valence electrons. The number of ether oxygens (including phenoxy) is 2. The van der Waals surface area contributed by atoms with Crippen molar-refractivity contribution in [3.63, 3.8) is 0 Å². The Bertz CT molecular complexity index is 322. The molecule has 0 aromatic rings. The number of rotatable bonds is 2. The summed E-state index contributed by atoms with van der Waals surface area (Å²) in [7, 11) is 0. The van der Waals surface area contributed by atoms with Gasteiger partial charge in [-0.15, -0.1) is 0 Å². The summed E-state index contributed by atoms with van der Waals surface area (Å²) in [6.07, 6.45) is 1.94. The van der Waals surface area contributed by atoms with Crippen LogP contribution in [-0.4, -0.2) is 42.3 Å². The third-order valence-corrected chi connectivity index (χ3v) is 3.00. The van der Waals surface area contributed by atoms with E-state index < -0.39 is 5.60 Å². The molecule has 0 spiro atoms. The van der Waals surface area contributed by atoms with Crippen LogP contribution in [0.25, 0.3) is 0 Å². The maximum Gasteiger partial charge on any atom is 0.410 e. The first-order valence-corrected chi connectivity index (χ1v) is 6.98. The van der Waals surface area contributed by atoms with Crippen molar-refractivity contribution in [1.29, 1.82) is 0 Å². The number of carbonyl (C=O) groups excluding carboxylic acids is 2. The van der Waals surface area contributed by atoms with Gasteiger partial charge in [-0.1, -0.05) is 0 Å². The van der Waals surface area contributed by atoms with Crippen LogP contribution in [0.4, 0.5) is 4.79 Å². The third kappa shape index (κ3) is 5.49. The van der Waals surface area contributed by atoms with Crippen LogP contribution in [0.3, 0.4) is 0 Å². The highest BCUT2D eigenvalue weighted by Gasteiger charge is 2.28. The number of hydrogen-bond acceptors (Lipinski definition) is 4. The molecule has 0 bridgehead atoms. The Balaban J connectivity index is 2.50. The molecule has 1 atom stereocenters. The van der Waals surface area contributed by atoms with E-state index in [0.29, 0.717) is 26.1 Å². The van der Waals surface area contributed by atoms with Crippen LogP contribution in [0.5, 0.6) is 0 Å². The minimum Gasteiger partial charge on any atom is -0.466 e. The molecule has 5 heteroatoms. The minimum absolute atomic E-state index is 0.0904. The van der Waals surface area contributed by atoms with Gasteiger partial charge in [0.2, 0.25) is 0 Å². The molecule has 0 aromatic heterocycles. The Morgan fingerprint density at radius 3 is 2.47 bits per heavy atom. The quantitative estimate of drug-likeness (QED) is 0.724. The van der Waals surface area contributed by atoms with E-state index in [0.717, 1.165) is 12.8 Å². The number of hydrogen-bond donors (Lipinski definition) is 0. The predicted octanol–water partition coefficient (Wildman–Crippen LogP) is 2.59. The highest BCUT2D eigenvalue weighted by Crippen LogP contribution is 2.20. The summed E-state index contributed by atoms with van der Waals surface area (Å²) in [4.78, 5) is 25.3. The molecule has 0 radical (unpaired) electrons. The first-order chi connectivity index (χ1) is 8.83. The van der Waals surface area contributed by atoms with E-state index in [9.17, 15) is 9.59 Å². The van der Waals surface area contributed by atoms with Crippen LogP contribution >= 0.6 is 0 Å². The fraction of sp³-hybridized carbons (Fsp3) is 0.857. The zero-order valence-corrected chi connectivity index (χ0v) is 12.4. The monoisotopic (exact) mass is 271 g/mol. The summed E-state index contributed by atoms with van der Waals surface area (Å²) in [5.74, 6) is -0.235. The van der Waals surface area contributed by atoms with E-state index in [1.807, 2.05) is 27.7 Å². The van der Waals surface area contributed by atoms with E-state index in [1.165, 1.54) is 0 Å². The summed E-state index contributed by atoms with van der Waals surface area (Å²) < 4.78 is 10.4. The van der Waals surface area contributed by atoms with E-state index >= 15 is 0 Å². The van der Waals surface area contributed by atoms with Crippen LogP contribution in [0.1, 0.15) is 47.0 Å². The van der Waals surface area contributed by atoms with Gasteiger partial charge < -0.3 is 14.4 Å².